The first-order valence-corrected chi connectivity index (χ1v) is 5.91. The predicted molar refractivity (Wildman–Crippen MR) is 64.1 cm³/mol. The molecular weight excluding hydrogens is 214 g/mol. The minimum absolute atomic E-state index is 0.0727. The molecule has 1 aliphatic carbocycles. The van der Waals surface area contributed by atoms with Crippen molar-refractivity contribution in [1.82, 2.24) is 10.1 Å². The average molecular weight is 229 g/mol. The quantitative estimate of drug-likeness (QED) is 0.878. The summed E-state index contributed by atoms with van der Waals surface area (Å²) in [6, 6.07) is 7.89. The first-order chi connectivity index (χ1) is 8.25. The Hall–Kier alpha value is -1.68. The van der Waals surface area contributed by atoms with Crippen molar-refractivity contribution >= 4 is 0 Å². The van der Waals surface area contributed by atoms with Gasteiger partial charge in [-0.15, -0.1) is 0 Å². The van der Waals surface area contributed by atoms with Gasteiger partial charge in [-0.2, -0.15) is 4.98 Å². The van der Waals surface area contributed by atoms with Crippen LogP contribution in [0.1, 0.15) is 30.3 Å². The summed E-state index contributed by atoms with van der Waals surface area (Å²) in [5.74, 6) is 1.73. The highest BCUT2D eigenvalue weighted by atomic mass is 16.5. The largest absolute Gasteiger partial charge is 0.334 e. The Morgan fingerprint density at radius 3 is 2.82 bits per heavy atom. The normalized spacial score (nSPS) is 17.1. The molecule has 1 aromatic heterocycles. The molecule has 0 amide bonds. The third kappa shape index (κ3) is 1.96. The van der Waals surface area contributed by atoms with E-state index in [1.165, 1.54) is 12.8 Å². The van der Waals surface area contributed by atoms with E-state index in [0.29, 0.717) is 17.6 Å². The zero-order valence-electron chi connectivity index (χ0n) is 9.76. The van der Waals surface area contributed by atoms with Crippen LogP contribution < -0.4 is 5.73 Å². The Bertz CT molecular complexity index is 531. The fourth-order valence-electron chi connectivity index (χ4n) is 1.96. The molecule has 1 aromatic carbocycles. The van der Waals surface area contributed by atoms with Crippen molar-refractivity contribution in [2.24, 2.45) is 11.7 Å². The van der Waals surface area contributed by atoms with Crippen molar-refractivity contribution in [3.8, 4) is 11.5 Å². The van der Waals surface area contributed by atoms with Crippen LogP contribution in [0.2, 0.25) is 0 Å². The summed E-state index contributed by atoms with van der Waals surface area (Å²) in [7, 11) is 0. The van der Waals surface area contributed by atoms with E-state index in [2.05, 4.69) is 10.1 Å². The Balaban J connectivity index is 1.92. The van der Waals surface area contributed by atoms with E-state index in [0.717, 1.165) is 11.1 Å². The van der Waals surface area contributed by atoms with Gasteiger partial charge in [-0.25, -0.2) is 0 Å². The van der Waals surface area contributed by atoms with Gasteiger partial charge in [0.25, 0.3) is 5.89 Å². The number of hydrogen-bond acceptors (Lipinski definition) is 4. The maximum absolute atomic E-state index is 6.04. The van der Waals surface area contributed by atoms with Crippen molar-refractivity contribution in [2.75, 3.05) is 0 Å². The summed E-state index contributed by atoms with van der Waals surface area (Å²) >= 11 is 0. The minimum atomic E-state index is -0.0727. The lowest BCUT2D eigenvalue weighted by Gasteiger charge is -2.02. The number of aromatic nitrogens is 2. The number of benzene rings is 1. The number of hydrogen-bond donors (Lipinski definition) is 1. The van der Waals surface area contributed by atoms with Gasteiger partial charge in [0.1, 0.15) is 0 Å². The Labute approximate surface area is 99.8 Å². The fourth-order valence-corrected chi connectivity index (χ4v) is 1.96. The SMILES string of the molecule is Cc1ccccc1-c1nc(C(N)C2CC2)no1. The van der Waals surface area contributed by atoms with Crippen LogP contribution in [0, 0.1) is 12.8 Å². The molecule has 1 aliphatic rings. The molecule has 3 rings (SSSR count). The molecule has 1 heterocycles. The summed E-state index contributed by atoms with van der Waals surface area (Å²) in [4.78, 5) is 4.40. The first kappa shape index (κ1) is 10.5. The molecule has 0 aliphatic heterocycles. The van der Waals surface area contributed by atoms with E-state index >= 15 is 0 Å². The van der Waals surface area contributed by atoms with Crippen molar-refractivity contribution in [3.05, 3.63) is 35.7 Å². The number of rotatable bonds is 3. The van der Waals surface area contributed by atoms with Crippen molar-refractivity contribution in [1.29, 1.82) is 0 Å². The first-order valence-electron chi connectivity index (χ1n) is 5.91. The molecule has 4 nitrogen and oxygen atoms in total. The van der Waals surface area contributed by atoms with Gasteiger partial charge < -0.3 is 10.3 Å². The fraction of sp³-hybridized carbons (Fsp3) is 0.385. The zero-order valence-corrected chi connectivity index (χ0v) is 9.76. The van der Waals surface area contributed by atoms with Gasteiger partial charge in [-0.3, -0.25) is 0 Å². The van der Waals surface area contributed by atoms with E-state index < -0.39 is 0 Å². The molecule has 2 aromatic rings. The smallest absolute Gasteiger partial charge is 0.258 e. The van der Waals surface area contributed by atoms with E-state index in [9.17, 15) is 0 Å². The number of nitrogens with two attached hydrogens (primary N) is 1. The predicted octanol–water partition coefficient (Wildman–Crippen LogP) is 2.45. The maximum atomic E-state index is 6.04. The highest BCUT2D eigenvalue weighted by molar-refractivity contribution is 5.57. The van der Waals surface area contributed by atoms with Gasteiger partial charge >= 0.3 is 0 Å². The summed E-state index contributed by atoms with van der Waals surface area (Å²) in [5, 5.41) is 3.98. The van der Waals surface area contributed by atoms with Crippen LogP contribution in [-0.2, 0) is 0 Å². The summed E-state index contributed by atoms with van der Waals surface area (Å²) in [6.07, 6.45) is 2.35. The van der Waals surface area contributed by atoms with Gasteiger partial charge in [0.05, 0.1) is 6.04 Å². The van der Waals surface area contributed by atoms with Crippen LogP contribution in [0.4, 0.5) is 0 Å². The maximum Gasteiger partial charge on any atom is 0.258 e. The Kier molecular flexibility index (Phi) is 2.44. The van der Waals surface area contributed by atoms with E-state index in [1.54, 1.807) is 0 Å². The summed E-state index contributed by atoms with van der Waals surface area (Å²) in [5.41, 5.74) is 8.15. The van der Waals surface area contributed by atoms with Gasteiger partial charge in [0, 0.05) is 5.56 Å². The summed E-state index contributed by atoms with van der Waals surface area (Å²) in [6.45, 7) is 2.03. The monoisotopic (exact) mass is 229 g/mol. The molecule has 17 heavy (non-hydrogen) atoms. The molecule has 1 atom stereocenters. The van der Waals surface area contributed by atoms with Crippen LogP contribution in [0.15, 0.2) is 28.8 Å². The second kappa shape index (κ2) is 3.96. The second-order valence-corrected chi connectivity index (χ2v) is 4.64. The van der Waals surface area contributed by atoms with E-state index in [4.69, 9.17) is 10.3 Å². The number of aryl methyl sites for hydroxylation is 1. The highest BCUT2D eigenvalue weighted by Gasteiger charge is 2.32. The van der Waals surface area contributed by atoms with Gasteiger partial charge in [-0.05, 0) is 37.3 Å². The molecule has 4 heteroatoms. The molecule has 0 radical (unpaired) electrons. The van der Waals surface area contributed by atoms with E-state index in [-0.39, 0.29) is 6.04 Å². The standard InChI is InChI=1S/C13H15N3O/c1-8-4-2-3-5-10(8)13-15-12(16-17-13)11(14)9-6-7-9/h2-5,9,11H,6-7,14H2,1H3. The van der Waals surface area contributed by atoms with Gasteiger partial charge in [-0.1, -0.05) is 23.4 Å². The molecule has 2 N–H and O–H groups in total. The van der Waals surface area contributed by atoms with Crippen molar-refractivity contribution in [2.45, 2.75) is 25.8 Å². The molecule has 0 bridgehead atoms. The molecule has 1 saturated carbocycles. The topological polar surface area (TPSA) is 64.9 Å². The molecule has 0 spiro atoms. The van der Waals surface area contributed by atoms with Gasteiger partial charge in [0.2, 0.25) is 0 Å². The number of nitrogens with zero attached hydrogens (tertiary/aromatic N) is 2. The Morgan fingerprint density at radius 1 is 1.35 bits per heavy atom. The van der Waals surface area contributed by atoms with Crippen LogP contribution >= 0.6 is 0 Å². The van der Waals surface area contributed by atoms with Crippen LogP contribution in [0.3, 0.4) is 0 Å². The lowest BCUT2D eigenvalue weighted by Crippen LogP contribution is -2.13. The highest BCUT2D eigenvalue weighted by Crippen LogP contribution is 2.38. The third-order valence-corrected chi connectivity index (χ3v) is 3.25. The zero-order chi connectivity index (χ0) is 11.8. The van der Waals surface area contributed by atoms with Crippen LogP contribution in [0.5, 0.6) is 0 Å². The van der Waals surface area contributed by atoms with Crippen LogP contribution in [0.25, 0.3) is 11.5 Å². The van der Waals surface area contributed by atoms with E-state index in [1.807, 2.05) is 31.2 Å². The second-order valence-electron chi connectivity index (χ2n) is 4.64. The molecule has 1 fully saturated rings. The van der Waals surface area contributed by atoms with Gasteiger partial charge in [0.15, 0.2) is 5.82 Å². The molecular formula is C13H15N3O. The molecule has 1 unspecified atom stereocenters. The molecule has 88 valence electrons. The van der Waals surface area contributed by atoms with Crippen molar-refractivity contribution < 1.29 is 4.52 Å². The van der Waals surface area contributed by atoms with Crippen molar-refractivity contribution in [3.63, 3.8) is 0 Å². The lowest BCUT2D eigenvalue weighted by molar-refractivity contribution is 0.411. The lowest BCUT2D eigenvalue weighted by atomic mass is 10.1. The molecule has 0 saturated heterocycles. The third-order valence-electron chi connectivity index (χ3n) is 3.25. The summed E-state index contributed by atoms with van der Waals surface area (Å²) < 4.78 is 5.29. The minimum Gasteiger partial charge on any atom is -0.334 e. The Morgan fingerprint density at radius 2 is 2.12 bits per heavy atom. The van der Waals surface area contributed by atoms with Crippen LogP contribution in [-0.4, -0.2) is 10.1 Å². The average Bonchev–Trinajstić information content (AvgIpc) is 3.07.